The summed E-state index contributed by atoms with van der Waals surface area (Å²) in [5, 5.41) is 9.38. The maximum absolute atomic E-state index is 13.1. The molecule has 1 unspecified atom stereocenters. The third-order valence-electron chi connectivity index (χ3n) is 5.98. The van der Waals surface area contributed by atoms with E-state index >= 15 is 0 Å². The van der Waals surface area contributed by atoms with Gasteiger partial charge in [-0.3, -0.25) is 9.59 Å². The predicted octanol–water partition coefficient (Wildman–Crippen LogP) is 2.33. The van der Waals surface area contributed by atoms with Crippen LogP contribution in [0.3, 0.4) is 0 Å². The lowest BCUT2D eigenvalue weighted by Gasteiger charge is -2.43. The molecule has 2 aliphatic rings. The Hall–Kier alpha value is -2.61. The summed E-state index contributed by atoms with van der Waals surface area (Å²) in [6.07, 6.45) is 2.44. The molecule has 2 fully saturated rings. The number of carbonyl (C=O) groups is 3. The zero-order chi connectivity index (χ0) is 23.3. The molecule has 4 atom stereocenters. The van der Waals surface area contributed by atoms with Crippen LogP contribution >= 0.6 is 0 Å². The van der Waals surface area contributed by atoms with Gasteiger partial charge in [0.15, 0.2) is 0 Å². The Labute approximate surface area is 190 Å². The fourth-order valence-corrected chi connectivity index (χ4v) is 4.76. The summed E-state index contributed by atoms with van der Waals surface area (Å²) in [5.41, 5.74) is 0.873. The maximum atomic E-state index is 13.1. The molecule has 8 nitrogen and oxygen atoms in total. The Morgan fingerprint density at radius 1 is 1.09 bits per heavy atom. The molecule has 1 aromatic carbocycles. The van der Waals surface area contributed by atoms with Crippen molar-refractivity contribution in [1.82, 2.24) is 20.9 Å². The van der Waals surface area contributed by atoms with Crippen LogP contribution in [0.25, 0.3) is 0 Å². The van der Waals surface area contributed by atoms with Crippen LogP contribution < -0.4 is 16.0 Å². The molecule has 0 aromatic heterocycles. The van der Waals surface area contributed by atoms with E-state index in [2.05, 4.69) is 36.7 Å². The van der Waals surface area contributed by atoms with Crippen molar-refractivity contribution in [2.24, 2.45) is 0 Å². The van der Waals surface area contributed by atoms with E-state index in [0.717, 1.165) is 24.8 Å². The van der Waals surface area contributed by atoms with Crippen LogP contribution in [-0.4, -0.2) is 59.1 Å². The Balaban J connectivity index is 1.56. The van der Waals surface area contributed by atoms with Gasteiger partial charge >= 0.3 is 6.09 Å². The topological polar surface area (TPSA) is 99.8 Å². The minimum absolute atomic E-state index is 0.0170. The zero-order valence-electron chi connectivity index (χ0n) is 19.5. The summed E-state index contributed by atoms with van der Waals surface area (Å²) in [6.45, 7) is 8.61. The Bertz CT molecular complexity index is 808. The molecule has 3 rings (SSSR count). The summed E-state index contributed by atoms with van der Waals surface area (Å²) >= 11 is 0. The molecule has 1 aliphatic heterocycles. The number of alkyl carbamates (subject to hydrolysis) is 1. The normalized spacial score (nSPS) is 26.0. The highest BCUT2D eigenvalue weighted by Gasteiger charge is 2.43. The molecule has 0 bridgehead atoms. The number of benzene rings is 1. The fourth-order valence-electron chi connectivity index (χ4n) is 4.76. The van der Waals surface area contributed by atoms with Crippen LogP contribution in [-0.2, 0) is 20.9 Å². The molecule has 1 heterocycles. The summed E-state index contributed by atoms with van der Waals surface area (Å²) in [7, 11) is 0. The Morgan fingerprint density at radius 2 is 1.81 bits per heavy atom. The molecule has 1 saturated heterocycles. The highest BCUT2D eigenvalue weighted by atomic mass is 16.5. The first-order chi connectivity index (χ1) is 15.1. The molecule has 0 spiro atoms. The van der Waals surface area contributed by atoms with E-state index in [-0.39, 0.29) is 42.1 Å². The largest absolute Gasteiger partial charge is 0.445 e. The van der Waals surface area contributed by atoms with E-state index in [1.165, 1.54) is 6.92 Å². The number of hydrogen-bond donors (Lipinski definition) is 3. The summed E-state index contributed by atoms with van der Waals surface area (Å²) in [4.78, 5) is 39.0. The zero-order valence-corrected chi connectivity index (χ0v) is 19.5. The number of nitrogens with one attached hydrogen (secondary N) is 3. The van der Waals surface area contributed by atoms with Gasteiger partial charge in [0.1, 0.15) is 12.6 Å². The average molecular weight is 445 g/mol. The molecule has 8 heteroatoms. The highest BCUT2D eigenvalue weighted by molar-refractivity contribution is 5.88. The van der Waals surface area contributed by atoms with Gasteiger partial charge in [-0.05, 0) is 52.0 Å². The van der Waals surface area contributed by atoms with Gasteiger partial charge in [0.2, 0.25) is 11.8 Å². The smallest absolute Gasteiger partial charge is 0.408 e. The quantitative estimate of drug-likeness (QED) is 0.625. The van der Waals surface area contributed by atoms with Gasteiger partial charge in [0.25, 0.3) is 0 Å². The number of nitrogens with zero attached hydrogens (tertiary/aromatic N) is 1. The first kappa shape index (κ1) is 24.0. The summed E-state index contributed by atoms with van der Waals surface area (Å²) in [5.74, 6) is -0.202. The minimum Gasteiger partial charge on any atom is -0.445 e. The number of ether oxygens (including phenoxy) is 1. The second-order valence-electron chi connectivity index (χ2n) is 9.86. The van der Waals surface area contributed by atoms with E-state index in [0.29, 0.717) is 13.0 Å². The van der Waals surface area contributed by atoms with Crippen LogP contribution in [0.15, 0.2) is 30.3 Å². The second kappa shape index (κ2) is 10.3. The van der Waals surface area contributed by atoms with Gasteiger partial charge in [-0.1, -0.05) is 30.3 Å². The average Bonchev–Trinajstić information content (AvgIpc) is 3.06. The van der Waals surface area contributed by atoms with Crippen molar-refractivity contribution < 1.29 is 19.1 Å². The first-order valence-corrected chi connectivity index (χ1v) is 11.4. The number of amides is 3. The lowest BCUT2D eigenvalue weighted by molar-refractivity contribution is -0.133. The third kappa shape index (κ3) is 6.69. The highest BCUT2D eigenvalue weighted by Crippen LogP contribution is 2.28. The van der Waals surface area contributed by atoms with E-state index < -0.39 is 12.1 Å². The maximum Gasteiger partial charge on any atom is 0.408 e. The minimum atomic E-state index is -0.596. The fraction of sp³-hybridized carbons (Fsp3) is 0.625. The van der Waals surface area contributed by atoms with Crippen molar-refractivity contribution in [3.05, 3.63) is 35.9 Å². The van der Waals surface area contributed by atoms with Crippen molar-refractivity contribution in [3.63, 3.8) is 0 Å². The molecule has 1 aromatic rings. The van der Waals surface area contributed by atoms with Gasteiger partial charge < -0.3 is 25.6 Å². The molecule has 32 heavy (non-hydrogen) atoms. The van der Waals surface area contributed by atoms with E-state index in [1.807, 2.05) is 35.2 Å². The number of rotatable bonds is 6. The van der Waals surface area contributed by atoms with E-state index in [4.69, 9.17) is 4.74 Å². The van der Waals surface area contributed by atoms with Gasteiger partial charge in [-0.25, -0.2) is 4.79 Å². The van der Waals surface area contributed by atoms with Crippen LogP contribution in [0.4, 0.5) is 4.79 Å². The molecular formula is C24H36N4O4. The van der Waals surface area contributed by atoms with Crippen molar-refractivity contribution in [1.29, 1.82) is 0 Å². The van der Waals surface area contributed by atoms with Crippen molar-refractivity contribution in [2.75, 3.05) is 6.54 Å². The second-order valence-corrected chi connectivity index (χ2v) is 9.86. The van der Waals surface area contributed by atoms with Crippen LogP contribution in [0.2, 0.25) is 0 Å². The van der Waals surface area contributed by atoms with E-state index in [9.17, 15) is 14.4 Å². The molecule has 1 aliphatic carbocycles. The Morgan fingerprint density at radius 3 is 2.47 bits per heavy atom. The van der Waals surface area contributed by atoms with Gasteiger partial charge in [0, 0.05) is 25.0 Å². The van der Waals surface area contributed by atoms with Crippen LogP contribution in [0.1, 0.15) is 58.9 Å². The third-order valence-corrected chi connectivity index (χ3v) is 5.98. The van der Waals surface area contributed by atoms with Crippen molar-refractivity contribution in [2.45, 2.75) is 89.7 Å². The SMILES string of the molecule is CC(=O)N[C@@H]1C[C@H](NC(C)(C)C)CCC1N1CC[C@H](NC(=O)OCc2ccccc2)C1=O. The molecule has 3 N–H and O–H groups in total. The van der Waals surface area contributed by atoms with E-state index in [1.54, 1.807) is 0 Å². The summed E-state index contributed by atoms with van der Waals surface area (Å²) in [6, 6.07) is 8.91. The first-order valence-electron chi connectivity index (χ1n) is 11.4. The predicted molar refractivity (Wildman–Crippen MR) is 122 cm³/mol. The van der Waals surface area contributed by atoms with Gasteiger partial charge in [-0.2, -0.15) is 0 Å². The van der Waals surface area contributed by atoms with Crippen LogP contribution in [0.5, 0.6) is 0 Å². The van der Waals surface area contributed by atoms with Crippen molar-refractivity contribution >= 4 is 17.9 Å². The molecule has 0 radical (unpaired) electrons. The lowest BCUT2D eigenvalue weighted by atomic mass is 9.84. The number of likely N-dealkylation sites (tertiary alicyclic amines) is 1. The van der Waals surface area contributed by atoms with Crippen molar-refractivity contribution in [3.8, 4) is 0 Å². The Kier molecular flexibility index (Phi) is 7.77. The van der Waals surface area contributed by atoms with Gasteiger partial charge in [-0.15, -0.1) is 0 Å². The molecule has 3 amide bonds. The van der Waals surface area contributed by atoms with Crippen LogP contribution in [0, 0.1) is 0 Å². The lowest BCUT2D eigenvalue weighted by Crippen LogP contribution is -2.59. The number of hydrogen-bond acceptors (Lipinski definition) is 5. The number of carbonyl (C=O) groups excluding carboxylic acids is 3. The molecule has 1 saturated carbocycles. The summed E-state index contributed by atoms with van der Waals surface area (Å²) < 4.78 is 5.27. The van der Waals surface area contributed by atoms with Gasteiger partial charge in [0.05, 0.1) is 12.1 Å². The monoisotopic (exact) mass is 444 g/mol. The molecule has 176 valence electrons. The standard InChI is InChI=1S/C24H36N4O4/c1-16(29)25-20-14-18(27-24(2,3)4)10-11-21(20)28-13-12-19(22(28)30)26-23(31)32-15-17-8-6-5-7-9-17/h5-9,18-21,27H,10-15H2,1-4H3,(H,25,29)(H,26,31)/t18-,19+,20-,21?/m1/s1. The molecular weight excluding hydrogens is 408 g/mol.